The van der Waals surface area contributed by atoms with Crippen molar-refractivity contribution in [3.63, 3.8) is 0 Å². The van der Waals surface area contributed by atoms with Gasteiger partial charge >= 0.3 is 6.36 Å². The maximum Gasteiger partial charge on any atom is 0.573 e. The number of alkyl halides is 3. The molecule has 2 nitrogen and oxygen atoms in total. The number of halogens is 3. The molecule has 5 heteroatoms. The van der Waals surface area contributed by atoms with Crippen molar-refractivity contribution >= 4 is 0 Å². The quantitative estimate of drug-likeness (QED) is 0.761. The van der Waals surface area contributed by atoms with Crippen molar-refractivity contribution < 1.29 is 17.9 Å². The summed E-state index contributed by atoms with van der Waals surface area (Å²) >= 11 is 0. The Morgan fingerprint density at radius 3 is 2.35 bits per heavy atom. The summed E-state index contributed by atoms with van der Waals surface area (Å²) in [6, 6.07) is 9.26. The molecular formula is C18H16F3NO. The van der Waals surface area contributed by atoms with Crippen LogP contribution < -0.4 is 4.74 Å². The molecule has 1 aromatic carbocycles. The first-order chi connectivity index (χ1) is 11.0. The minimum absolute atomic E-state index is 0.263. The molecule has 0 saturated heterocycles. The van der Waals surface area contributed by atoms with Crippen molar-refractivity contribution in [3.05, 3.63) is 59.4 Å². The van der Waals surface area contributed by atoms with Gasteiger partial charge in [0.1, 0.15) is 11.4 Å². The van der Waals surface area contributed by atoms with Crippen molar-refractivity contribution in [2.75, 3.05) is 0 Å². The fourth-order valence-corrected chi connectivity index (χ4v) is 1.90. The maximum absolute atomic E-state index is 12.1. The molecule has 0 bridgehead atoms. The highest BCUT2D eigenvalue weighted by Crippen LogP contribution is 2.22. The highest BCUT2D eigenvalue weighted by atomic mass is 19.4. The molecular weight excluding hydrogens is 303 g/mol. The van der Waals surface area contributed by atoms with Gasteiger partial charge in [-0.1, -0.05) is 25.3 Å². The number of rotatable bonds is 4. The van der Waals surface area contributed by atoms with E-state index in [0.29, 0.717) is 11.3 Å². The van der Waals surface area contributed by atoms with Crippen LogP contribution in [0.5, 0.6) is 5.75 Å². The van der Waals surface area contributed by atoms with Crippen LogP contribution in [0.3, 0.4) is 0 Å². The fraction of sp³-hybridized carbons (Fsp3) is 0.278. The predicted molar refractivity (Wildman–Crippen MR) is 82.0 cm³/mol. The zero-order valence-corrected chi connectivity index (χ0v) is 12.7. The predicted octanol–water partition coefficient (Wildman–Crippen LogP) is 4.72. The van der Waals surface area contributed by atoms with Gasteiger partial charge in [0, 0.05) is 11.8 Å². The summed E-state index contributed by atoms with van der Waals surface area (Å²) in [5.74, 6) is 5.49. The van der Waals surface area contributed by atoms with Crippen molar-refractivity contribution in [1.82, 2.24) is 4.98 Å². The summed E-state index contributed by atoms with van der Waals surface area (Å²) in [5.41, 5.74) is 2.39. The van der Waals surface area contributed by atoms with Crippen LogP contribution in [0.25, 0.3) is 0 Å². The lowest BCUT2D eigenvalue weighted by Gasteiger charge is -2.07. The standard InChI is InChI=1S/C18H16F3NO/c1-2-3-4-15-6-10-16(22-13-15)9-5-14-7-11-17(12-8-14)23-18(19,20)21/h6-8,10-13H,2-4H2,1H3. The molecule has 0 aliphatic heterocycles. The van der Waals surface area contributed by atoms with E-state index in [1.807, 2.05) is 12.1 Å². The van der Waals surface area contributed by atoms with Crippen molar-refractivity contribution in [1.29, 1.82) is 0 Å². The zero-order chi connectivity index (χ0) is 16.7. The Hall–Kier alpha value is -2.48. The molecule has 0 unspecified atom stereocenters. The Labute approximate surface area is 133 Å². The average Bonchev–Trinajstić information content (AvgIpc) is 2.52. The Bertz CT molecular complexity index is 679. The number of aromatic nitrogens is 1. The Kier molecular flexibility index (Phi) is 5.64. The van der Waals surface area contributed by atoms with Gasteiger partial charge in [0.05, 0.1) is 0 Å². The SMILES string of the molecule is CCCCc1ccc(C#Cc2ccc(OC(F)(F)F)cc2)nc1. The molecule has 0 radical (unpaired) electrons. The Morgan fingerprint density at radius 1 is 1.04 bits per heavy atom. The van der Waals surface area contributed by atoms with Crippen LogP contribution >= 0.6 is 0 Å². The lowest BCUT2D eigenvalue weighted by molar-refractivity contribution is -0.274. The van der Waals surface area contributed by atoms with Crippen LogP contribution in [0.2, 0.25) is 0 Å². The fourth-order valence-electron chi connectivity index (χ4n) is 1.90. The summed E-state index contributed by atoms with van der Waals surface area (Å²) in [4.78, 5) is 4.27. The molecule has 120 valence electrons. The third-order valence-electron chi connectivity index (χ3n) is 3.07. The van der Waals surface area contributed by atoms with Gasteiger partial charge in [-0.25, -0.2) is 4.98 Å². The number of nitrogens with zero attached hydrogens (tertiary/aromatic N) is 1. The molecule has 1 heterocycles. The number of hydrogen-bond donors (Lipinski definition) is 0. The van der Waals surface area contributed by atoms with E-state index in [4.69, 9.17) is 0 Å². The second-order valence-corrected chi connectivity index (χ2v) is 4.98. The maximum atomic E-state index is 12.1. The van der Waals surface area contributed by atoms with Gasteiger partial charge in [-0.15, -0.1) is 13.2 Å². The molecule has 0 aliphatic carbocycles. The van der Waals surface area contributed by atoms with Gasteiger partial charge in [-0.05, 0) is 54.7 Å². The third kappa shape index (κ3) is 6.03. The number of pyridine rings is 1. The number of hydrogen-bond acceptors (Lipinski definition) is 2. The lowest BCUT2D eigenvalue weighted by Crippen LogP contribution is -2.16. The van der Waals surface area contributed by atoms with E-state index in [9.17, 15) is 13.2 Å². The van der Waals surface area contributed by atoms with Crippen LogP contribution in [0.1, 0.15) is 36.6 Å². The minimum atomic E-state index is -4.68. The first-order valence-corrected chi connectivity index (χ1v) is 7.29. The van der Waals surface area contributed by atoms with Crippen molar-refractivity contribution in [3.8, 4) is 17.6 Å². The molecule has 0 N–H and O–H groups in total. The first kappa shape index (κ1) is 16.9. The zero-order valence-electron chi connectivity index (χ0n) is 12.7. The van der Waals surface area contributed by atoms with Crippen molar-refractivity contribution in [2.24, 2.45) is 0 Å². The molecule has 2 rings (SSSR count). The lowest BCUT2D eigenvalue weighted by atomic mass is 10.1. The van der Waals surface area contributed by atoms with Crippen LogP contribution in [0.4, 0.5) is 13.2 Å². The normalized spacial score (nSPS) is 10.8. The largest absolute Gasteiger partial charge is 0.573 e. The first-order valence-electron chi connectivity index (χ1n) is 7.29. The molecule has 0 amide bonds. The molecule has 0 saturated carbocycles. The van der Waals surface area contributed by atoms with Crippen LogP contribution in [-0.2, 0) is 6.42 Å². The van der Waals surface area contributed by atoms with Gasteiger partial charge in [0.25, 0.3) is 0 Å². The van der Waals surface area contributed by atoms with Gasteiger partial charge in [0.15, 0.2) is 0 Å². The van der Waals surface area contributed by atoms with Crippen molar-refractivity contribution in [2.45, 2.75) is 32.5 Å². The van der Waals surface area contributed by atoms with E-state index in [2.05, 4.69) is 28.5 Å². The number of unbranched alkanes of at least 4 members (excludes halogenated alkanes) is 1. The highest BCUT2D eigenvalue weighted by molar-refractivity contribution is 5.42. The van der Waals surface area contributed by atoms with E-state index >= 15 is 0 Å². The van der Waals surface area contributed by atoms with Gasteiger partial charge in [0.2, 0.25) is 0 Å². The molecule has 23 heavy (non-hydrogen) atoms. The summed E-state index contributed by atoms with van der Waals surface area (Å²) in [7, 11) is 0. The monoisotopic (exact) mass is 319 g/mol. The molecule has 2 aromatic rings. The highest BCUT2D eigenvalue weighted by Gasteiger charge is 2.30. The molecule has 0 atom stereocenters. The Balaban J connectivity index is 2.01. The smallest absolute Gasteiger partial charge is 0.406 e. The Morgan fingerprint density at radius 2 is 1.78 bits per heavy atom. The summed E-state index contributed by atoms with van der Waals surface area (Å²) in [6.07, 6.45) is 0.378. The van der Waals surface area contributed by atoms with Crippen LogP contribution in [0, 0.1) is 11.8 Å². The van der Waals surface area contributed by atoms with E-state index in [-0.39, 0.29) is 5.75 Å². The van der Waals surface area contributed by atoms with E-state index in [1.165, 1.54) is 29.8 Å². The second kappa shape index (κ2) is 7.68. The molecule has 1 aromatic heterocycles. The number of benzene rings is 1. The summed E-state index contributed by atoms with van der Waals surface area (Å²) in [5, 5.41) is 0. The minimum Gasteiger partial charge on any atom is -0.406 e. The molecule has 0 aliphatic rings. The van der Waals surface area contributed by atoms with Crippen LogP contribution in [0.15, 0.2) is 42.6 Å². The topological polar surface area (TPSA) is 22.1 Å². The molecule has 0 fully saturated rings. The van der Waals surface area contributed by atoms with Crippen LogP contribution in [-0.4, -0.2) is 11.3 Å². The number of aryl methyl sites for hydroxylation is 1. The van der Waals surface area contributed by atoms with Gasteiger partial charge in [-0.3, -0.25) is 0 Å². The average molecular weight is 319 g/mol. The third-order valence-corrected chi connectivity index (χ3v) is 3.07. The van der Waals surface area contributed by atoms with Gasteiger partial charge < -0.3 is 4.74 Å². The summed E-state index contributed by atoms with van der Waals surface area (Å²) in [6.45, 7) is 2.14. The van der Waals surface area contributed by atoms with E-state index in [0.717, 1.165) is 19.3 Å². The second-order valence-electron chi connectivity index (χ2n) is 4.98. The van der Waals surface area contributed by atoms with E-state index < -0.39 is 6.36 Å². The summed E-state index contributed by atoms with van der Waals surface area (Å²) < 4.78 is 40.0. The van der Waals surface area contributed by atoms with Gasteiger partial charge in [-0.2, -0.15) is 0 Å². The van der Waals surface area contributed by atoms with E-state index in [1.54, 1.807) is 6.20 Å². The number of ether oxygens (including phenoxy) is 1. The molecule has 0 spiro atoms.